The lowest BCUT2D eigenvalue weighted by Gasteiger charge is -2.57. The monoisotopic (exact) mass is 179 g/mol. The van der Waals surface area contributed by atoms with E-state index in [0.717, 1.165) is 17.3 Å². The highest BCUT2D eigenvalue weighted by Crippen LogP contribution is 2.62. The fraction of sp³-hybridized carbons (Fsp3) is 1.00. The van der Waals surface area contributed by atoms with Gasteiger partial charge in [-0.15, -0.1) is 0 Å². The Kier molecular flexibility index (Phi) is 1.74. The molecule has 0 radical (unpaired) electrons. The van der Waals surface area contributed by atoms with Gasteiger partial charge in [-0.05, 0) is 49.5 Å². The molecule has 0 aromatic rings. The van der Waals surface area contributed by atoms with E-state index in [4.69, 9.17) is 0 Å². The first kappa shape index (κ1) is 8.28. The zero-order chi connectivity index (χ0) is 8.89. The Bertz CT molecular complexity index is 213. The average molecular weight is 179 g/mol. The van der Waals surface area contributed by atoms with Crippen LogP contribution in [0.25, 0.3) is 0 Å². The third kappa shape index (κ3) is 0.971. The Morgan fingerprint density at radius 3 is 2.54 bits per heavy atom. The summed E-state index contributed by atoms with van der Waals surface area (Å²) < 4.78 is 0. The Labute approximate surface area is 81.5 Å². The molecule has 1 saturated heterocycles. The zero-order valence-corrected chi connectivity index (χ0v) is 8.76. The summed E-state index contributed by atoms with van der Waals surface area (Å²) in [6.07, 6.45) is 7.73. The van der Waals surface area contributed by atoms with Gasteiger partial charge >= 0.3 is 0 Å². The van der Waals surface area contributed by atoms with E-state index >= 15 is 0 Å². The molecule has 13 heavy (non-hydrogen) atoms. The van der Waals surface area contributed by atoms with Crippen molar-refractivity contribution in [3.63, 3.8) is 0 Å². The van der Waals surface area contributed by atoms with Gasteiger partial charge in [-0.1, -0.05) is 13.3 Å². The molecule has 1 spiro atoms. The lowest BCUT2D eigenvalue weighted by atomic mass is 9.53. The van der Waals surface area contributed by atoms with Crippen molar-refractivity contribution in [1.82, 2.24) is 4.90 Å². The fourth-order valence-corrected chi connectivity index (χ4v) is 4.26. The lowest BCUT2D eigenvalue weighted by molar-refractivity contribution is -0.0809. The van der Waals surface area contributed by atoms with Gasteiger partial charge < -0.3 is 4.90 Å². The second kappa shape index (κ2) is 2.73. The third-order valence-corrected chi connectivity index (χ3v) is 5.18. The van der Waals surface area contributed by atoms with Gasteiger partial charge in [0, 0.05) is 13.1 Å². The third-order valence-electron chi connectivity index (χ3n) is 5.18. The van der Waals surface area contributed by atoms with Gasteiger partial charge in [0.2, 0.25) is 0 Å². The van der Waals surface area contributed by atoms with Crippen molar-refractivity contribution in [2.24, 2.45) is 17.3 Å². The molecular formula is C12H21N. The predicted octanol–water partition coefficient (Wildman–Crippen LogP) is 2.52. The molecule has 3 rings (SSSR count). The molecule has 0 aromatic carbocycles. The molecule has 1 heteroatoms. The maximum Gasteiger partial charge on any atom is 0.00151 e. The normalized spacial score (nSPS) is 49.6. The van der Waals surface area contributed by atoms with E-state index in [-0.39, 0.29) is 0 Å². The van der Waals surface area contributed by atoms with E-state index in [1.807, 2.05) is 0 Å². The van der Waals surface area contributed by atoms with Crippen molar-refractivity contribution in [2.45, 2.75) is 39.0 Å². The van der Waals surface area contributed by atoms with Gasteiger partial charge in [-0.25, -0.2) is 0 Å². The van der Waals surface area contributed by atoms with E-state index in [2.05, 4.69) is 11.8 Å². The molecule has 0 bridgehead atoms. The van der Waals surface area contributed by atoms with Crippen LogP contribution in [-0.2, 0) is 0 Å². The van der Waals surface area contributed by atoms with Gasteiger partial charge in [-0.2, -0.15) is 0 Å². The molecule has 1 nitrogen and oxygen atoms in total. The second-order valence-corrected chi connectivity index (χ2v) is 5.41. The van der Waals surface area contributed by atoms with Gasteiger partial charge in [0.1, 0.15) is 0 Å². The molecule has 74 valence electrons. The molecule has 1 heterocycles. The smallest absolute Gasteiger partial charge is 0.00151 e. The van der Waals surface area contributed by atoms with Crippen molar-refractivity contribution in [2.75, 3.05) is 19.6 Å². The van der Waals surface area contributed by atoms with Crippen molar-refractivity contribution < 1.29 is 0 Å². The van der Waals surface area contributed by atoms with Crippen LogP contribution >= 0.6 is 0 Å². The maximum absolute atomic E-state index is 2.69. The van der Waals surface area contributed by atoms with Gasteiger partial charge in [0.05, 0.1) is 0 Å². The van der Waals surface area contributed by atoms with Crippen molar-refractivity contribution in [1.29, 1.82) is 0 Å². The number of likely N-dealkylation sites (tertiary alicyclic amines) is 1. The molecule has 0 N–H and O–H groups in total. The topological polar surface area (TPSA) is 3.24 Å². The highest BCUT2D eigenvalue weighted by Gasteiger charge is 2.56. The molecule has 3 aliphatic rings. The summed E-state index contributed by atoms with van der Waals surface area (Å²) in [5.74, 6) is 2.17. The number of rotatable bonds is 1. The minimum Gasteiger partial charge on any atom is -0.303 e. The van der Waals surface area contributed by atoms with Crippen LogP contribution in [-0.4, -0.2) is 24.5 Å². The van der Waals surface area contributed by atoms with Crippen LogP contribution in [0.1, 0.15) is 39.0 Å². The SMILES string of the molecule is CCN1CC2CCCC23CCC3C1. The molecule has 0 amide bonds. The first-order valence-electron chi connectivity index (χ1n) is 6.07. The van der Waals surface area contributed by atoms with E-state index in [9.17, 15) is 0 Å². The Balaban J connectivity index is 1.81. The molecule has 0 aromatic heterocycles. The number of nitrogens with zero attached hydrogens (tertiary/aromatic N) is 1. The van der Waals surface area contributed by atoms with E-state index in [1.54, 1.807) is 12.8 Å². The number of piperidine rings is 1. The van der Waals surface area contributed by atoms with Crippen molar-refractivity contribution in [3.05, 3.63) is 0 Å². The summed E-state index contributed by atoms with van der Waals surface area (Å²) in [5.41, 5.74) is 0.867. The molecule has 3 atom stereocenters. The largest absolute Gasteiger partial charge is 0.303 e. The lowest BCUT2D eigenvalue weighted by Crippen LogP contribution is -2.56. The highest BCUT2D eigenvalue weighted by atomic mass is 15.1. The van der Waals surface area contributed by atoms with Crippen LogP contribution in [0, 0.1) is 17.3 Å². The number of hydrogen-bond donors (Lipinski definition) is 0. The van der Waals surface area contributed by atoms with Crippen LogP contribution in [0.2, 0.25) is 0 Å². The van der Waals surface area contributed by atoms with Gasteiger partial charge in [0.25, 0.3) is 0 Å². The first-order chi connectivity index (χ1) is 6.35. The summed E-state index contributed by atoms with van der Waals surface area (Å²) in [6, 6.07) is 0. The number of hydrogen-bond acceptors (Lipinski definition) is 1. The fourth-order valence-electron chi connectivity index (χ4n) is 4.26. The van der Waals surface area contributed by atoms with Crippen LogP contribution in [0.15, 0.2) is 0 Å². The summed E-state index contributed by atoms with van der Waals surface area (Å²) in [6.45, 7) is 6.45. The summed E-state index contributed by atoms with van der Waals surface area (Å²) in [7, 11) is 0. The summed E-state index contributed by atoms with van der Waals surface area (Å²) in [4.78, 5) is 2.69. The average Bonchev–Trinajstić information content (AvgIpc) is 2.55. The standard InChI is InChI=1S/C12H21N/c1-2-13-8-10-4-3-6-12(10)7-5-11(12)9-13/h10-11H,2-9H2,1H3. The quantitative estimate of drug-likeness (QED) is 0.598. The van der Waals surface area contributed by atoms with E-state index in [1.165, 1.54) is 38.9 Å². The summed E-state index contributed by atoms with van der Waals surface area (Å²) >= 11 is 0. The van der Waals surface area contributed by atoms with Crippen LogP contribution in [0.4, 0.5) is 0 Å². The zero-order valence-electron chi connectivity index (χ0n) is 8.76. The molecule has 2 aliphatic carbocycles. The minimum atomic E-state index is 0.867. The van der Waals surface area contributed by atoms with E-state index in [0.29, 0.717) is 0 Å². The van der Waals surface area contributed by atoms with Gasteiger partial charge in [-0.3, -0.25) is 0 Å². The molecule has 3 unspecified atom stereocenters. The van der Waals surface area contributed by atoms with Gasteiger partial charge in [0.15, 0.2) is 0 Å². The van der Waals surface area contributed by atoms with E-state index < -0.39 is 0 Å². The molecular weight excluding hydrogens is 158 g/mol. The van der Waals surface area contributed by atoms with Crippen LogP contribution in [0.3, 0.4) is 0 Å². The predicted molar refractivity (Wildman–Crippen MR) is 54.6 cm³/mol. The van der Waals surface area contributed by atoms with Crippen molar-refractivity contribution in [3.8, 4) is 0 Å². The molecule has 1 aliphatic heterocycles. The highest BCUT2D eigenvalue weighted by molar-refractivity contribution is 5.07. The maximum atomic E-state index is 2.69. The molecule has 3 fully saturated rings. The molecule has 2 saturated carbocycles. The Morgan fingerprint density at radius 2 is 1.92 bits per heavy atom. The first-order valence-corrected chi connectivity index (χ1v) is 6.07. The Hall–Kier alpha value is -0.0400. The van der Waals surface area contributed by atoms with Crippen LogP contribution < -0.4 is 0 Å². The van der Waals surface area contributed by atoms with Crippen LogP contribution in [0.5, 0.6) is 0 Å². The minimum absolute atomic E-state index is 0.867. The van der Waals surface area contributed by atoms with Crippen molar-refractivity contribution >= 4 is 0 Å². The summed E-state index contributed by atoms with van der Waals surface area (Å²) in [5, 5.41) is 0. The second-order valence-electron chi connectivity index (χ2n) is 5.41. The Morgan fingerprint density at radius 1 is 1.15 bits per heavy atom.